The molecule has 2 aromatic rings. The number of hydrogen-bond donors (Lipinski definition) is 1. The van der Waals surface area contributed by atoms with E-state index in [0.717, 1.165) is 30.0 Å². The van der Waals surface area contributed by atoms with Gasteiger partial charge in [0.1, 0.15) is 5.00 Å². The third-order valence-corrected chi connectivity index (χ3v) is 4.54. The number of nitrogens with zero attached hydrogens (tertiary/aromatic N) is 1. The van der Waals surface area contributed by atoms with Crippen molar-refractivity contribution in [3.05, 3.63) is 46.6 Å². The first-order chi connectivity index (χ1) is 9.24. The van der Waals surface area contributed by atoms with Gasteiger partial charge in [-0.25, -0.2) is 4.98 Å². The van der Waals surface area contributed by atoms with Gasteiger partial charge in [0.2, 0.25) is 5.91 Å². The number of amides is 1. The number of carbonyl (C=O) groups excluding carboxylic acids is 1. The molecule has 3 rings (SSSR count). The van der Waals surface area contributed by atoms with E-state index in [1.165, 1.54) is 22.5 Å². The lowest BCUT2D eigenvalue weighted by atomic mass is 9.83. The molecule has 0 saturated heterocycles. The molecule has 1 heterocycles. The standard InChI is InChI=1S/C15H16N2OS/c1-10-15(19-9-16-10)17-14(18)13-7-6-11-4-2-3-5-12(11)8-13/h2-5,9,13H,6-8H2,1H3,(H,17,18). The van der Waals surface area contributed by atoms with Crippen molar-refractivity contribution in [1.29, 1.82) is 0 Å². The lowest BCUT2D eigenvalue weighted by Gasteiger charge is -2.23. The van der Waals surface area contributed by atoms with Crippen LogP contribution in [0.5, 0.6) is 0 Å². The van der Waals surface area contributed by atoms with E-state index in [0.29, 0.717) is 0 Å². The number of carbonyl (C=O) groups is 1. The number of thiazole rings is 1. The number of hydrogen-bond acceptors (Lipinski definition) is 3. The van der Waals surface area contributed by atoms with Gasteiger partial charge >= 0.3 is 0 Å². The molecule has 4 heteroatoms. The fraction of sp³-hybridized carbons (Fsp3) is 0.333. The highest BCUT2D eigenvalue weighted by Crippen LogP contribution is 2.27. The zero-order valence-electron chi connectivity index (χ0n) is 10.8. The first kappa shape index (κ1) is 12.4. The van der Waals surface area contributed by atoms with E-state index in [2.05, 4.69) is 28.5 Å². The molecule has 1 unspecified atom stereocenters. The van der Waals surface area contributed by atoms with Gasteiger partial charge in [-0.15, -0.1) is 11.3 Å². The van der Waals surface area contributed by atoms with Crippen LogP contribution in [0.15, 0.2) is 29.8 Å². The maximum atomic E-state index is 12.3. The highest BCUT2D eigenvalue weighted by molar-refractivity contribution is 7.14. The van der Waals surface area contributed by atoms with Crippen LogP contribution in [0.1, 0.15) is 23.2 Å². The quantitative estimate of drug-likeness (QED) is 0.912. The summed E-state index contributed by atoms with van der Waals surface area (Å²) >= 11 is 1.48. The van der Waals surface area contributed by atoms with Gasteiger partial charge in [-0.3, -0.25) is 4.79 Å². The minimum atomic E-state index is 0.0800. The molecule has 0 spiro atoms. The number of rotatable bonds is 2. The second-order valence-corrected chi connectivity index (χ2v) is 5.82. The number of anilines is 1. The molecule has 1 aliphatic carbocycles. The van der Waals surface area contributed by atoms with Crippen LogP contribution in [-0.2, 0) is 17.6 Å². The Morgan fingerprint density at radius 2 is 2.16 bits per heavy atom. The molecule has 1 aliphatic rings. The minimum absolute atomic E-state index is 0.0800. The van der Waals surface area contributed by atoms with E-state index < -0.39 is 0 Å². The Morgan fingerprint density at radius 1 is 1.37 bits per heavy atom. The van der Waals surface area contributed by atoms with Gasteiger partial charge in [0.05, 0.1) is 11.2 Å². The topological polar surface area (TPSA) is 42.0 Å². The van der Waals surface area contributed by atoms with Gasteiger partial charge in [0, 0.05) is 5.92 Å². The summed E-state index contributed by atoms with van der Waals surface area (Å²) in [4.78, 5) is 16.4. The fourth-order valence-electron chi connectivity index (χ4n) is 2.56. The van der Waals surface area contributed by atoms with Crippen LogP contribution in [0.3, 0.4) is 0 Å². The third kappa shape index (κ3) is 2.54. The molecule has 0 fully saturated rings. The second kappa shape index (κ2) is 5.13. The molecular formula is C15H16N2OS. The van der Waals surface area contributed by atoms with Crippen LogP contribution >= 0.6 is 11.3 Å². The minimum Gasteiger partial charge on any atom is -0.316 e. The van der Waals surface area contributed by atoms with Gasteiger partial charge in [-0.1, -0.05) is 24.3 Å². The number of nitrogens with one attached hydrogen (secondary N) is 1. The van der Waals surface area contributed by atoms with E-state index in [4.69, 9.17) is 0 Å². The Kier molecular flexibility index (Phi) is 3.34. The zero-order chi connectivity index (χ0) is 13.2. The van der Waals surface area contributed by atoms with Crippen molar-refractivity contribution in [1.82, 2.24) is 4.98 Å². The number of aryl methyl sites for hydroxylation is 2. The Balaban J connectivity index is 1.71. The monoisotopic (exact) mass is 272 g/mol. The summed E-state index contributed by atoms with van der Waals surface area (Å²) in [5.41, 5.74) is 5.37. The molecule has 98 valence electrons. The van der Waals surface area contributed by atoms with Crippen molar-refractivity contribution in [2.24, 2.45) is 5.92 Å². The van der Waals surface area contributed by atoms with E-state index >= 15 is 0 Å². The fourth-order valence-corrected chi connectivity index (χ4v) is 3.26. The Hall–Kier alpha value is -1.68. The van der Waals surface area contributed by atoms with Crippen LogP contribution in [-0.4, -0.2) is 10.9 Å². The smallest absolute Gasteiger partial charge is 0.228 e. The van der Waals surface area contributed by atoms with Crippen molar-refractivity contribution in [3.8, 4) is 0 Å². The van der Waals surface area contributed by atoms with Gasteiger partial charge in [-0.2, -0.15) is 0 Å². The molecule has 0 bridgehead atoms. The summed E-state index contributed by atoms with van der Waals surface area (Å²) in [5.74, 6) is 0.207. The van der Waals surface area contributed by atoms with Crippen molar-refractivity contribution in [2.45, 2.75) is 26.2 Å². The number of aromatic nitrogens is 1. The molecule has 19 heavy (non-hydrogen) atoms. The second-order valence-electron chi connectivity index (χ2n) is 4.96. The summed E-state index contributed by atoms with van der Waals surface area (Å²) in [6.07, 6.45) is 2.77. The highest BCUT2D eigenvalue weighted by Gasteiger charge is 2.24. The van der Waals surface area contributed by atoms with E-state index in [-0.39, 0.29) is 11.8 Å². The first-order valence-electron chi connectivity index (χ1n) is 6.52. The maximum absolute atomic E-state index is 12.3. The summed E-state index contributed by atoms with van der Waals surface area (Å²) in [6, 6.07) is 8.41. The van der Waals surface area contributed by atoms with Gasteiger partial charge in [0.15, 0.2) is 0 Å². The summed E-state index contributed by atoms with van der Waals surface area (Å²) in [5, 5.41) is 3.89. The first-order valence-corrected chi connectivity index (χ1v) is 7.40. The van der Waals surface area contributed by atoms with Crippen molar-refractivity contribution in [3.63, 3.8) is 0 Å². The lowest BCUT2D eigenvalue weighted by molar-refractivity contribution is -0.120. The zero-order valence-corrected chi connectivity index (χ0v) is 11.7. The SMILES string of the molecule is Cc1ncsc1NC(=O)C1CCc2ccccc2C1. The van der Waals surface area contributed by atoms with Crippen LogP contribution in [0, 0.1) is 12.8 Å². The maximum Gasteiger partial charge on any atom is 0.228 e. The van der Waals surface area contributed by atoms with Crippen LogP contribution < -0.4 is 5.32 Å². The van der Waals surface area contributed by atoms with Gasteiger partial charge < -0.3 is 5.32 Å². The largest absolute Gasteiger partial charge is 0.316 e. The average Bonchev–Trinajstić information content (AvgIpc) is 2.84. The van der Waals surface area contributed by atoms with Crippen LogP contribution in [0.25, 0.3) is 0 Å². The lowest BCUT2D eigenvalue weighted by Crippen LogP contribution is -2.28. The highest BCUT2D eigenvalue weighted by atomic mass is 32.1. The van der Waals surface area contributed by atoms with Gasteiger partial charge in [0.25, 0.3) is 0 Å². The van der Waals surface area contributed by atoms with Crippen molar-refractivity contribution in [2.75, 3.05) is 5.32 Å². The molecule has 0 aliphatic heterocycles. The molecule has 1 N–H and O–H groups in total. The van der Waals surface area contributed by atoms with Crippen molar-refractivity contribution >= 4 is 22.2 Å². The molecule has 1 atom stereocenters. The summed E-state index contributed by atoms with van der Waals surface area (Å²) in [7, 11) is 0. The molecule has 1 aromatic carbocycles. The predicted molar refractivity (Wildman–Crippen MR) is 77.4 cm³/mol. The summed E-state index contributed by atoms with van der Waals surface area (Å²) in [6.45, 7) is 1.92. The van der Waals surface area contributed by atoms with E-state index in [1.54, 1.807) is 5.51 Å². The number of fused-ring (bicyclic) bond motifs is 1. The van der Waals surface area contributed by atoms with E-state index in [1.807, 2.05) is 13.0 Å². The molecule has 0 saturated carbocycles. The third-order valence-electron chi connectivity index (χ3n) is 3.70. The van der Waals surface area contributed by atoms with Crippen LogP contribution in [0.4, 0.5) is 5.00 Å². The Bertz CT molecular complexity index is 606. The molecular weight excluding hydrogens is 256 g/mol. The average molecular weight is 272 g/mol. The predicted octanol–water partition coefficient (Wildman–Crippen LogP) is 3.20. The number of benzene rings is 1. The van der Waals surface area contributed by atoms with Crippen molar-refractivity contribution < 1.29 is 4.79 Å². The molecule has 1 amide bonds. The van der Waals surface area contributed by atoms with Crippen LogP contribution in [0.2, 0.25) is 0 Å². The Labute approximate surface area is 116 Å². The van der Waals surface area contributed by atoms with E-state index in [9.17, 15) is 4.79 Å². The molecule has 3 nitrogen and oxygen atoms in total. The summed E-state index contributed by atoms with van der Waals surface area (Å²) < 4.78 is 0. The molecule has 1 aromatic heterocycles. The Morgan fingerprint density at radius 3 is 2.89 bits per heavy atom. The molecule has 0 radical (unpaired) electrons. The van der Waals surface area contributed by atoms with Gasteiger partial charge in [-0.05, 0) is 37.3 Å². The normalized spacial score (nSPS) is 17.8.